The molecule has 3 heterocycles. The smallest absolute Gasteiger partial charge is 0.222 e. The van der Waals surface area contributed by atoms with Gasteiger partial charge in [0.15, 0.2) is 5.65 Å². The maximum absolute atomic E-state index is 9.76. The Bertz CT molecular complexity index is 618. The Kier molecular flexibility index (Phi) is 3.02. The number of nitrogens with two attached hydrogens (primary N) is 1. The number of fused-ring (bicyclic) bond motifs is 1. The third-order valence-electron chi connectivity index (χ3n) is 3.08. The van der Waals surface area contributed by atoms with Crippen LogP contribution < -0.4 is 5.73 Å². The minimum absolute atomic E-state index is 0.0996. The molecular formula is C10H12ClN5O3. The Morgan fingerprint density at radius 2 is 2.32 bits per heavy atom. The van der Waals surface area contributed by atoms with Crippen LogP contribution in [0.15, 0.2) is 6.20 Å². The van der Waals surface area contributed by atoms with Crippen molar-refractivity contribution in [3.8, 4) is 0 Å². The summed E-state index contributed by atoms with van der Waals surface area (Å²) in [5.74, 6) is 0.0996. The van der Waals surface area contributed by atoms with Crippen molar-refractivity contribution in [2.75, 3.05) is 12.3 Å². The maximum Gasteiger partial charge on any atom is 0.222 e. The van der Waals surface area contributed by atoms with Gasteiger partial charge in [0, 0.05) is 6.42 Å². The van der Waals surface area contributed by atoms with Gasteiger partial charge in [0.1, 0.15) is 17.8 Å². The van der Waals surface area contributed by atoms with E-state index in [1.54, 1.807) is 0 Å². The quantitative estimate of drug-likeness (QED) is 0.648. The molecule has 0 radical (unpaired) electrons. The van der Waals surface area contributed by atoms with Crippen molar-refractivity contribution in [1.29, 1.82) is 0 Å². The molecule has 0 aromatic carbocycles. The number of anilines is 1. The molecule has 102 valence electrons. The Balaban J connectivity index is 2.05. The number of nitrogen functional groups attached to an aromatic ring is 1. The summed E-state index contributed by atoms with van der Waals surface area (Å²) in [4.78, 5) is 12.0. The minimum Gasteiger partial charge on any atom is -0.394 e. The summed E-state index contributed by atoms with van der Waals surface area (Å²) in [5.41, 5.74) is 6.47. The topological polar surface area (TPSA) is 119 Å². The summed E-state index contributed by atoms with van der Waals surface area (Å²) in [5, 5.41) is 19.0. The molecule has 2 aromatic rings. The van der Waals surface area contributed by atoms with Crippen molar-refractivity contribution in [3.05, 3.63) is 11.5 Å². The fraction of sp³-hybridized carbons (Fsp3) is 0.500. The molecule has 0 saturated carbocycles. The lowest BCUT2D eigenvalue weighted by molar-refractivity contribution is -0.0431. The predicted molar refractivity (Wildman–Crippen MR) is 66.4 cm³/mol. The highest BCUT2D eigenvalue weighted by Crippen LogP contribution is 2.33. The Morgan fingerprint density at radius 1 is 1.53 bits per heavy atom. The molecule has 8 nitrogen and oxygen atoms in total. The molecule has 0 unspecified atom stereocenters. The van der Waals surface area contributed by atoms with Crippen LogP contribution in [0, 0.1) is 0 Å². The van der Waals surface area contributed by atoms with E-state index in [4.69, 9.17) is 27.2 Å². The Hall–Kier alpha value is -1.48. The van der Waals surface area contributed by atoms with Gasteiger partial charge >= 0.3 is 0 Å². The third kappa shape index (κ3) is 2.02. The molecule has 3 rings (SSSR count). The lowest BCUT2D eigenvalue weighted by Gasteiger charge is -2.14. The van der Waals surface area contributed by atoms with Gasteiger partial charge in [-0.1, -0.05) is 0 Å². The van der Waals surface area contributed by atoms with E-state index in [1.165, 1.54) is 10.8 Å². The van der Waals surface area contributed by atoms with E-state index in [0.717, 1.165) is 0 Å². The van der Waals surface area contributed by atoms with Crippen molar-refractivity contribution < 1.29 is 14.9 Å². The van der Waals surface area contributed by atoms with Crippen LogP contribution >= 0.6 is 11.6 Å². The van der Waals surface area contributed by atoms with Crippen LogP contribution in [0.2, 0.25) is 5.28 Å². The van der Waals surface area contributed by atoms with Crippen LogP contribution in [0.5, 0.6) is 0 Å². The Morgan fingerprint density at radius 3 is 3.00 bits per heavy atom. The predicted octanol–water partition coefficient (Wildman–Crippen LogP) is -0.297. The fourth-order valence-corrected chi connectivity index (χ4v) is 2.45. The molecule has 0 amide bonds. The molecule has 3 atom stereocenters. The van der Waals surface area contributed by atoms with Crippen molar-refractivity contribution in [1.82, 2.24) is 19.5 Å². The summed E-state index contributed by atoms with van der Waals surface area (Å²) in [6, 6.07) is 0. The summed E-state index contributed by atoms with van der Waals surface area (Å²) in [7, 11) is 0. The normalized spacial score (nSPS) is 27.2. The summed E-state index contributed by atoms with van der Waals surface area (Å²) in [6.45, 7) is -0.265. The van der Waals surface area contributed by atoms with Gasteiger partial charge in [-0.3, -0.25) is 4.57 Å². The second kappa shape index (κ2) is 4.57. The first-order valence-corrected chi connectivity index (χ1v) is 6.08. The van der Waals surface area contributed by atoms with Crippen LogP contribution in [0.3, 0.4) is 0 Å². The van der Waals surface area contributed by atoms with Gasteiger partial charge in [0.05, 0.1) is 18.9 Å². The van der Waals surface area contributed by atoms with Crippen LogP contribution in [0.4, 0.5) is 5.95 Å². The van der Waals surface area contributed by atoms with E-state index in [2.05, 4.69) is 15.0 Å². The summed E-state index contributed by atoms with van der Waals surface area (Å²) in [6.07, 6.45) is -0.186. The van der Waals surface area contributed by atoms with Crippen molar-refractivity contribution in [2.24, 2.45) is 0 Å². The molecule has 9 heteroatoms. The summed E-state index contributed by atoms with van der Waals surface area (Å²) >= 11 is 6.06. The van der Waals surface area contributed by atoms with E-state index >= 15 is 0 Å². The summed E-state index contributed by atoms with van der Waals surface area (Å²) < 4.78 is 7.07. The third-order valence-corrected chi connectivity index (χ3v) is 3.35. The molecule has 0 spiro atoms. The first-order valence-electron chi connectivity index (χ1n) is 5.70. The van der Waals surface area contributed by atoms with E-state index < -0.39 is 18.4 Å². The number of halogens is 1. The highest BCUT2D eigenvalue weighted by molar-refractivity contribution is 6.29. The van der Waals surface area contributed by atoms with E-state index in [0.29, 0.717) is 17.6 Å². The number of ether oxygens (including phenoxy) is 1. The molecule has 1 aliphatic heterocycles. The zero-order chi connectivity index (χ0) is 13.6. The number of nitrogens with zero attached hydrogens (tertiary/aromatic N) is 4. The highest BCUT2D eigenvalue weighted by Gasteiger charge is 2.36. The molecule has 2 aromatic heterocycles. The van der Waals surface area contributed by atoms with Gasteiger partial charge in [-0.15, -0.1) is 0 Å². The van der Waals surface area contributed by atoms with E-state index in [9.17, 15) is 5.11 Å². The molecule has 1 aliphatic rings. The maximum atomic E-state index is 9.76. The lowest BCUT2D eigenvalue weighted by atomic mass is 10.2. The molecule has 4 N–H and O–H groups in total. The van der Waals surface area contributed by atoms with Crippen molar-refractivity contribution >= 4 is 28.7 Å². The standard InChI is InChI=1S/C10H12ClN5O3/c11-9-14-4-2-13-10(12)15-8(4)16(9)7-1-5(18)6(3-17)19-7/h2,5-7,17-18H,1,3H2,(H2,12,13,15)/t5-,6+,7-/m1/s1. The van der Waals surface area contributed by atoms with Gasteiger partial charge in [0.25, 0.3) is 0 Å². The average Bonchev–Trinajstić information content (AvgIpc) is 2.88. The van der Waals surface area contributed by atoms with Crippen molar-refractivity contribution in [3.63, 3.8) is 0 Å². The molecular weight excluding hydrogens is 274 g/mol. The first-order chi connectivity index (χ1) is 9.10. The van der Waals surface area contributed by atoms with Gasteiger partial charge in [0.2, 0.25) is 11.2 Å². The van der Waals surface area contributed by atoms with Gasteiger partial charge in [-0.05, 0) is 11.6 Å². The number of imidazole rings is 1. The van der Waals surface area contributed by atoms with Gasteiger partial charge in [-0.2, -0.15) is 4.98 Å². The van der Waals surface area contributed by atoms with Crippen LogP contribution in [-0.4, -0.2) is 48.5 Å². The molecule has 19 heavy (non-hydrogen) atoms. The highest BCUT2D eigenvalue weighted by atomic mass is 35.5. The number of hydrogen-bond donors (Lipinski definition) is 3. The SMILES string of the molecule is Nc1ncc2nc(Cl)n([C@H]3C[C@@H](O)[C@H](CO)O3)c2n1. The van der Waals surface area contributed by atoms with Crippen LogP contribution in [-0.2, 0) is 4.74 Å². The number of aromatic nitrogens is 4. The lowest BCUT2D eigenvalue weighted by Crippen LogP contribution is -2.24. The minimum atomic E-state index is -0.761. The average molecular weight is 286 g/mol. The van der Waals surface area contributed by atoms with Gasteiger partial charge in [-0.25, -0.2) is 9.97 Å². The van der Waals surface area contributed by atoms with Crippen LogP contribution in [0.25, 0.3) is 11.2 Å². The Labute approximate surface area is 112 Å². The molecule has 0 aliphatic carbocycles. The molecule has 1 saturated heterocycles. The zero-order valence-corrected chi connectivity index (χ0v) is 10.5. The van der Waals surface area contributed by atoms with E-state index in [-0.39, 0.29) is 17.8 Å². The monoisotopic (exact) mass is 285 g/mol. The van der Waals surface area contributed by atoms with Gasteiger partial charge < -0.3 is 20.7 Å². The second-order valence-corrected chi connectivity index (χ2v) is 4.64. The van der Waals surface area contributed by atoms with Crippen molar-refractivity contribution in [2.45, 2.75) is 24.9 Å². The number of aliphatic hydroxyl groups excluding tert-OH is 2. The first kappa shape index (κ1) is 12.5. The van der Waals surface area contributed by atoms with E-state index in [1.807, 2.05) is 0 Å². The second-order valence-electron chi connectivity index (χ2n) is 4.30. The number of aliphatic hydroxyl groups is 2. The molecule has 0 bridgehead atoms. The fourth-order valence-electron chi connectivity index (χ4n) is 2.17. The number of rotatable bonds is 2. The zero-order valence-electron chi connectivity index (χ0n) is 9.77. The number of hydrogen-bond acceptors (Lipinski definition) is 7. The molecule has 1 fully saturated rings. The largest absolute Gasteiger partial charge is 0.394 e. The van der Waals surface area contributed by atoms with Crippen LogP contribution in [0.1, 0.15) is 12.6 Å².